The van der Waals surface area contributed by atoms with Crippen molar-refractivity contribution in [2.45, 2.75) is 39.2 Å². The van der Waals surface area contributed by atoms with Gasteiger partial charge in [-0.2, -0.15) is 8.42 Å². The highest BCUT2D eigenvalue weighted by Crippen LogP contribution is 2.18. The minimum atomic E-state index is -3.67. The van der Waals surface area contributed by atoms with Crippen molar-refractivity contribution in [1.29, 1.82) is 0 Å². The molecule has 1 unspecified atom stereocenters. The molecule has 3 N–H and O–H groups in total. The molecule has 0 aromatic carbocycles. The molecule has 1 saturated heterocycles. The predicted octanol–water partition coefficient (Wildman–Crippen LogP) is 0.427. The van der Waals surface area contributed by atoms with Gasteiger partial charge in [-0.1, -0.05) is 0 Å². The van der Waals surface area contributed by atoms with Crippen LogP contribution in [0.3, 0.4) is 0 Å². The van der Waals surface area contributed by atoms with Gasteiger partial charge in [-0.05, 0) is 39.5 Å². The van der Waals surface area contributed by atoms with Crippen molar-refractivity contribution < 1.29 is 17.9 Å². The van der Waals surface area contributed by atoms with Gasteiger partial charge in [0.15, 0.2) is 0 Å². The molecule has 1 fully saturated rings. The first-order valence-electron chi connectivity index (χ1n) is 6.32. The summed E-state index contributed by atoms with van der Waals surface area (Å²) in [6.45, 7) is 6.81. The summed E-state index contributed by atoms with van der Waals surface area (Å²) in [5, 5.41) is 4.89. The Kier molecular flexibility index (Phi) is 5.17. The maximum atomic E-state index is 11.9. The molecular formula is C11H23N3O4S. The lowest BCUT2D eigenvalue weighted by Gasteiger charge is -2.34. The number of carbonyl (C=O) groups is 1. The summed E-state index contributed by atoms with van der Waals surface area (Å²) in [5.41, 5.74) is -0.525. The normalized spacial score (nSPS) is 21.3. The molecule has 19 heavy (non-hydrogen) atoms. The number of carbonyl (C=O) groups excluding carboxylic acids is 1. The van der Waals surface area contributed by atoms with E-state index in [0.29, 0.717) is 13.1 Å². The van der Waals surface area contributed by atoms with Gasteiger partial charge in [0.25, 0.3) is 10.2 Å². The van der Waals surface area contributed by atoms with Gasteiger partial charge in [0.2, 0.25) is 0 Å². The standard InChI is InChI=1S/C11H23N3O4S/c1-11(2,3)18-10(15)14-6-4-5-9(8-14)7-13-19(12,16)17/h9,13H,4-8H2,1-3H3,(H2,12,16,17). The molecule has 1 amide bonds. The van der Waals surface area contributed by atoms with Crippen LogP contribution in [0.1, 0.15) is 33.6 Å². The number of nitrogens with zero attached hydrogens (tertiary/aromatic N) is 1. The van der Waals surface area contributed by atoms with Gasteiger partial charge < -0.3 is 9.64 Å². The quantitative estimate of drug-likeness (QED) is 0.787. The predicted molar refractivity (Wildman–Crippen MR) is 71.6 cm³/mol. The summed E-state index contributed by atoms with van der Waals surface area (Å²) in [5.74, 6) is 0.0691. The average molecular weight is 293 g/mol. The van der Waals surface area contributed by atoms with Gasteiger partial charge in [0.05, 0.1) is 0 Å². The molecule has 1 heterocycles. The van der Waals surface area contributed by atoms with E-state index in [1.165, 1.54) is 0 Å². The molecular weight excluding hydrogens is 270 g/mol. The molecule has 0 radical (unpaired) electrons. The van der Waals surface area contributed by atoms with E-state index in [2.05, 4.69) is 4.72 Å². The van der Waals surface area contributed by atoms with E-state index in [1.54, 1.807) is 4.90 Å². The third-order valence-electron chi connectivity index (χ3n) is 2.74. The lowest BCUT2D eigenvalue weighted by atomic mass is 9.99. The van der Waals surface area contributed by atoms with Crippen LogP contribution in [0.5, 0.6) is 0 Å². The molecule has 7 nitrogen and oxygen atoms in total. The second kappa shape index (κ2) is 6.06. The average Bonchev–Trinajstić information content (AvgIpc) is 2.23. The summed E-state index contributed by atoms with van der Waals surface area (Å²) in [4.78, 5) is 13.5. The highest BCUT2D eigenvalue weighted by molar-refractivity contribution is 7.87. The van der Waals surface area contributed by atoms with E-state index in [4.69, 9.17) is 9.88 Å². The van der Waals surface area contributed by atoms with Gasteiger partial charge in [-0.25, -0.2) is 14.7 Å². The van der Waals surface area contributed by atoms with Crippen molar-refractivity contribution in [2.24, 2.45) is 11.1 Å². The highest BCUT2D eigenvalue weighted by Gasteiger charge is 2.27. The summed E-state index contributed by atoms with van der Waals surface area (Å²) in [7, 11) is -3.67. The first-order chi connectivity index (χ1) is 8.57. The zero-order valence-electron chi connectivity index (χ0n) is 11.7. The van der Waals surface area contributed by atoms with Crippen molar-refractivity contribution in [2.75, 3.05) is 19.6 Å². The van der Waals surface area contributed by atoms with Gasteiger partial charge in [0, 0.05) is 19.6 Å². The van der Waals surface area contributed by atoms with Gasteiger partial charge in [-0.15, -0.1) is 0 Å². The fourth-order valence-corrected chi connectivity index (χ4v) is 2.43. The van der Waals surface area contributed by atoms with Gasteiger partial charge >= 0.3 is 6.09 Å². The molecule has 0 bridgehead atoms. The van der Waals surface area contributed by atoms with Crippen molar-refractivity contribution in [1.82, 2.24) is 9.62 Å². The molecule has 112 valence electrons. The minimum Gasteiger partial charge on any atom is -0.444 e. The summed E-state index contributed by atoms with van der Waals surface area (Å²) in [6, 6.07) is 0. The van der Waals surface area contributed by atoms with E-state index < -0.39 is 15.8 Å². The van der Waals surface area contributed by atoms with Crippen LogP contribution in [-0.4, -0.2) is 44.6 Å². The smallest absolute Gasteiger partial charge is 0.410 e. The number of hydrogen-bond donors (Lipinski definition) is 2. The third kappa shape index (κ3) is 6.74. The molecule has 0 aliphatic carbocycles. The van der Waals surface area contributed by atoms with Gasteiger partial charge in [-0.3, -0.25) is 0 Å². The second-order valence-electron chi connectivity index (χ2n) is 5.83. The van der Waals surface area contributed by atoms with Crippen LogP contribution in [-0.2, 0) is 14.9 Å². The molecule has 0 aromatic rings. The van der Waals surface area contributed by atoms with E-state index in [-0.39, 0.29) is 18.6 Å². The second-order valence-corrected chi connectivity index (χ2v) is 7.21. The van der Waals surface area contributed by atoms with E-state index in [9.17, 15) is 13.2 Å². The Balaban J connectivity index is 2.48. The molecule has 0 aromatic heterocycles. The largest absolute Gasteiger partial charge is 0.444 e. The molecule has 0 spiro atoms. The zero-order valence-corrected chi connectivity index (χ0v) is 12.5. The maximum Gasteiger partial charge on any atom is 0.410 e. The topological polar surface area (TPSA) is 102 Å². The summed E-state index contributed by atoms with van der Waals surface area (Å²) < 4.78 is 29.2. The van der Waals surface area contributed by atoms with Crippen molar-refractivity contribution in [3.05, 3.63) is 0 Å². The number of likely N-dealkylation sites (tertiary alicyclic amines) is 1. The van der Waals surface area contributed by atoms with Crippen LogP contribution >= 0.6 is 0 Å². The number of piperidine rings is 1. The fraction of sp³-hybridized carbons (Fsp3) is 0.909. The van der Waals surface area contributed by atoms with Crippen LogP contribution in [0.25, 0.3) is 0 Å². The Labute approximate surface area is 114 Å². The van der Waals surface area contributed by atoms with Crippen LogP contribution in [0.4, 0.5) is 4.79 Å². The third-order valence-corrected chi connectivity index (χ3v) is 3.31. The number of rotatable bonds is 3. The van der Waals surface area contributed by atoms with Crippen LogP contribution in [0.2, 0.25) is 0 Å². The van der Waals surface area contributed by atoms with Crippen LogP contribution < -0.4 is 9.86 Å². The van der Waals surface area contributed by atoms with E-state index in [1.807, 2.05) is 20.8 Å². The number of amides is 1. The Bertz CT molecular complexity index is 416. The van der Waals surface area contributed by atoms with Crippen molar-refractivity contribution >= 4 is 16.3 Å². The lowest BCUT2D eigenvalue weighted by Crippen LogP contribution is -2.46. The number of hydrogen-bond acceptors (Lipinski definition) is 4. The summed E-state index contributed by atoms with van der Waals surface area (Å²) in [6.07, 6.45) is 1.34. The Morgan fingerprint density at radius 1 is 1.47 bits per heavy atom. The molecule has 1 aliphatic rings. The lowest BCUT2D eigenvalue weighted by molar-refractivity contribution is 0.0169. The monoisotopic (exact) mass is 293 g/mol. The Morgan fingerprint density at radius 3 is 2.63 bits per heavy atom. The maximum absolute atomic E-state index is 11.9. The van der Waals surface area contributed by atoms with Crippen molar-refractivity contribution in [3.63, 3.8) is 0 Å². The molecule has 8 heteroatoms. The highest BCUT2D eigenvalue weighted by atomic mass is 32.2. The molecule has 1 rings (SSSR count). The fourth-order valence-electron chi connectivity index (χ4n) is 1.96. The molecule has 0 saturated carbocycles. The number of nitrogens with one attached hydrogen (secondary N) is 1. The minimum absolute atomic E-state index is 0.0691. The molecule has 1 atom stereocenters. The Hall–Kier alpha value is -0.860. The zero-order chi connectivity index (χ0) is 14.7. The van der Waals surface area contributed by atoms with Crippen LogP contribution in [0, 0.1) is 5.92 Å². The van der Waals surface area contributed by atoms with Gasteiger partial charge in [0.1, 0.15) is 5.60 Å². The molecule has 1 aliphatic heterocycles. The van der Waals surface area contributed by atoms with Crippen molar-refractivity contribution in [3.8, 4) is 0 Å². The first-order valence-corrected chi connectivity index (χ1v) is 7.87. The van der Waals surface area contributed by atoms with E-state index in [0.717, 1.165) is 12.8 Å². The first kappa shape index (κ1) is 16.2. The van der Waals surface area contributed by atoms with Crippen LogP contribution in [0.15, 0.2) is 0 Å². The number of nitrogens with two attached hydrogens (primary N) is 1. The SMILES string of the molecule is CC(C)(C)OC(=O)N1CCCC(CNS(N)(=O)=O)C1. The number of ether oxygens (including phenoxy) is 1. The summed E-state index contributed by atoms with van der Waals surface area (Å²) >= 11 is 0. The van der Waals surface area contributed by atoms with E-state index >= 15 is 0 Å². The Morgan fingerprint density at radius 2 is 2.11 bits per heavy atom.